The highest BCUT2D eigenvalue weighted by Gasteiger charge is 2.31. The molecule has 30 heavy (non-hydrogen) atoms. The molecule has 0 unspecified atom stereocenters. The lowest BCUT2D eigenvalue weighted by molar-refractivity contribution is -0.384. The Hall–Kier alpha value is -3.18. The van der Waals surface area contributed by atoms with E-state index >= 15 is 0 Å². The second-order valence-corrected chi connectivity index (χ2v) is 8.74. The summed E-state index contributed by atoms with van der Waals surface area (Å²) in [6, 6.07) is 9.76. The van der Waals surface area contributed by atoms with Crippen LogP contribution in [0.1, 0.15) is 10.4 Å². The van der Waals surface area contributed by atoms with Gasteiger partial charge < -0.3 is 14.4 Å². The van der Waals surface area contributed by atoms with E-state index in [-0.39, 0.29) is 42.7 Å². The molecule has 1 saturated heterocycles. The van der Waals surface area contributed by atoms with E-state index in [1.807, 2.05) is 0 Å². The van der Waals surface area contributed by atoms with Gasteiger partial charge in [-0.05, 0) is 30.3 Å². The minimum absolute atomic E-state index is 0.0142. The molecule has 158 valence electrons. The highest BCUT2D eigenvalue weighted by Crippen LogP contribution is 2.31. The number of sulfonamides is 1. The maximum Gasteiger partial charge on any atom is 0.269 e. The van der Waals surface area contributed by atoms with Gasteiger partial charge in [0.25, 0.3) is 11.6 Å². The van der Waals surface area contributed by atoms with Gasteiger partial charge in [0.1, 0.15) is 13.2 Å². The summed E-state index contributed by atoms with van der Waals surface area (Å²) in [6.07, 6.45) is 0. The molecule has 10 nitrogen and oxygen atoms in total. The minimum atomic E-state index is -3.79. The first-order valence-electron chi connectivity index (χ1n) is 9.30. The summed E-state index contributed by atoms with van der Waals surface area (Å²) in [5.41, 5.74) is 0.273. The Morgan fingerprint density at radius 2 is 1.57 bits per heavy atom. The third-order valence-electron chi connectivity index (χ3n) is 5.00. The van der Waals surface area contributed by atoms with E-state index in [0.717, 1.165) is 12.1 Å². The summed E-state index contributed by atoms with van der Waals surface area (Å²) < 4.78 is 37.8. The fourth-order valence-corrected chi connectivity index (χ4v) is 4.80. The van der Waals surface area contributed by atoms with Crippen LogP contribution in [0.2, 0.25) is 0 Å². The molecule has 0 bridgehead atoms. The molecule has 11 heteroatoms. The Bertz CT molecular complexity index is 1080. The van der Waals surface area contributed by atoms with Gasteiger partial charge in [0, 0.05) is 43.9 Å². The molecule has 0 spiro atoms. The van der Waals surface area contributed by atoms with Gasteiger partial charge in [0.05, 0.1) is 9.82 Å². The van der Waals surface area contributed by atoms with Crippen LogP contribution in [-0.2, 0) is 10.0 Å². The number of hydrogen-bond acceptors (Lipinski definition) is 7. The molecule has 1 fully saturated rings. The van der Waals surface area contributed by atoms with E-state index in [0.29, 0.717) is 30.3 Å². The molecular weight excluding hydrogens is 414 g/mol. The first-order valence-corrected chi connectivity index (χ1v) is 10.7. The average molecular weight is 433 g/mol. The summed E-state index contributed by atoms with van der Waals surface area (Å²) in [5.74, 6) is 0.905. The second-order valence-electron chi connectivity index (χ2n) is 6.81. The number of nitro benzene ring substituents is 1. The van der Waals surface area contributed by atoms with Crippen molar-refractivity contribution in [1.82, 2.24) is 9.21 Å². The number of piperazine rings is 1. The second kappa shape index (κ2) is 7.92. The standard InChI is InChI=1S/C19H19N3O7S/c23-19(14-1-6-17-18(13-14)29-12-11-28-17)20-7-9-21(10-8-20)30(26,27)16-4-2-15(3-5-16)22(24)25/h1-6,13H,7-12H2. The first-order chi connectivity index (χ1) is 14.4. The van der Waals surface area contributed by atoms with Crippen molar-refractivity contribution in [1.29, 1.82) is 0 Å². The van der Waals surface area contributed by atoms with Gasteiger partial charge in [0.2, 0.25) is 10.0 Å². The number of amides is 1. The Morgan fingerprint density at radius 3 is 2.20 bits per heavy atom. The molecule has 2 aliphatic heterocycles. The van der Waals surface area contributed by atoms with Crippen molar-refractivity contribution in [2.45, 2.75) is 4.90 Å². The molecule has 4 rings (SSSR count). The molecule has 0 atom stereocenters. The molecule has 2 aromatic rings. The van der Waals surface area contributed by atoms with Gasteiger partial charge in [-0.15, -0.1) is 0 Å². The van der Waals surface area contributed by atoms with Crippen LogP contribution in [0, 0.1) is 10.1 Å². The van der Waals surface area contributed by atoms with Crippen LogP contribution in [0.15, 0.2) is 47.4 Å². The highest BCUT2D eigenvalue weighted by molar-refractivity contribution is 7.89. The van der Waals surface area contributed by atoms with Crippen molar-refractivity contribution in [3.05, 3.63) is 58.1 Å². The number of carbonyl (C=O) groups excluding carboxylic acids is 1. The minimum Gasteiger partial charge on any atom is -0.486 e. The van der Waals surface area contributed by atoms with Gasteiger partial charge in [-0.3, -0.25) is 14.9 Å². The van der Waals surface area contributed by atoms with Crippen molar-refractivity contribution < 1.29 is 27.6 Å². The molecule has 0 saturated carbocycles. The zero-order chi connectivity index (χ0) is 21.3. The van der Waals surface area contributed by atoms with E-state index in [9.17, 15) is 23.3 Å². The van der Waals surface area contributed by atoms with Gasteiger partial charge in [-0.2, -0.15) is 4.31 Å². The summed E-state index contributed by atoms with van der Waals surface area (Å²) in [7, 11) is -3.79. The molecule has 2 aromatic carbocycles. The summed E-state index contributed by atoms with van der Waals surface area (Å²) in [6.45, 7) is 1.62. The third kappa shape index (κ3) is 3.81. The molecule has 0 aromatic heterocycles. The van der Waals surface area contributed by atoms with Crippen molar-refractivity contribution >= 4 is 21.6 Å². The SMILES string of the molecule is O=C(c1ccc2c(c1)OCCO2)N1CCN(S(=O)(=O)c2ccc([N+](=O)[O-])cc2)CC1. The van der Waals surface area contributed by atoms with Gasteiger partial charge in [0.15, 0.2) is 11.5 Å². The number of fused-ring (bicyclic) bond motifs is 1. The lowest BCUT2D eigenvalue weighted by Gasteiger charge is -2.34. The van der Waals surface area contributed by atoms with Gasteiger partial charge >= 0.3 is 0 Å². The normalized spacial score (nSPS) is 16.9. The van der Waals surface area contributed by atoms with E-state index in [2.05, 4.69) is 0 Å². The number of nitrogens with zero attached hydrogens (tertiary/aromatic N) is 3. The van der Waals surface area contributed by atoms with Crippen LogP contribution in [0.4, 0.5) is 5.69 Å². The van der Waals surface area contributed by atoms with E-state index in [1.165, 1.54) is 16.4 Å². The Morgan fingerprint density at radius 1 is 0.933 bits per heavy atom. The molecule has 2 aliphatic rings. The largest absolute Gasteiger partial charge is 0.486 e. The Labute approximate surface area is 172 Å². The monoisotopic (exact) mass is 433 g/mol. The molecular formula is C19H19N3O7S. The number of rotatable bonds is 4. The number of benzene rings is 2. The number of ether oxygens (including phenoxy) is 2. The van der Waals surface area contributed by atoms with Crippen LogP contribution in [0.25, 0.3) is 0 Å². The maximum absolute atomic E-state index is 12.8. The van der Waals surface area contributed by atoms with Gasteiger partial charge in [-0.25, -0.2) is 8.42 Å². The molecule has 0 aliphatic carbocycles. The summed E-state index contributed by atoms with van der Waals surface area (Å²) in [5, 5.41) is 10.8. The maximum atomic E-state index is 12.8. The highest BCUT2D eigenvalue weighted by atomic mass is 32.2. The molecule has 1 amide bonds. The third-order valence-corrected chi connectivity index (χ3v) is 6.91. The lowest BCUT2D eigenvalue weighted by Crippen LogP contribution is -2.50. The number of carbonyl (C=O) groups is 1. The van der Waals surface area contributed by atoms with Crippen molar-refractivity contribution in [3.8, 4) is 11.5 Å². The fourth-order valence-electron chi connectivity index (χ4n) is 3.38. The quantitative estimate of drug-likeness (QED) is 0.530. The molecule has 0 N–H and O–H groups in total. The predicted octanol–water partition coefficient (Wildman–Crippen LogP) is 1.51. The van der Waals surface area contributed by atoms with Crippen LogP contribution < -0.4 is 9.47 Å². The Kier molecular flexibility index (Phi) is 5.31. The first kappa shape index (κ1) is 20.1. The summed E-state index contributed by atoms with van der Waals surface area (Å²) in [4.78, 5) is 24.6. The van der Waals surface area contributed by atoms with Crippen LogP contribution in [0.3, 0.4) is 0 Å². The van der Waals surface area contributed by atoms with Gasteiger partial charge in [-0.1, -0.05) is 0 Å². The van der Waals surface area contributed by atoms with Crippen LogP contribution in [0.5, 0.6) is 11.5 Å². The smallest absolute Gasteiger partial charge is 0.269 e. The number of hydrogen-bond donors (Lipinski definition) is 0. The molecule has 0 radical (unpaired) electrons. The Balaban J connectivity index is 1.43. The zero-order valence-electron chi connectivity index (χ0n) is 15.9. The zero-order valence-corrected chi connectivity index (χ0v) is 16.7. The van der Waals surface area contributed by atoms with E-state index in [4.69, 9.17) is 9.47 Å². The topological polar surface area (TPSA) is 119 Å². The van der Waals surface area contributed by atoms with E-state index < -0.39 is 14.9 Å². The summed E-state index contributed by atoms with van der Waals surface area (Å²) >= 11 is 0. The number of nitro groups is 1. The van der Waals surface area contributed by atoms with Crippen LogP contribution in [-0.4, -0.2) is 67.8 Å². The van der Waals surface area contributed by atoms with Crippen molar-refractivity contribution in [2.24, 2.45) is 0 Å². The molecule has 2 heterocycles. The van der Waals surface area contributed by atoms with E-state index in [1.54, 1.807) is 23.1 Å². The fraction of sp³-hybridized carbons (Fsp3) is 0.316. The van der Waals surface area contributed by atoms with Crippen molar-refractivity contribution in [3.63, 3.8) is 0 Å². The van der Waals surface area contributed by atoms with Crippen molar-refractivity contribution in [2.75, 3.05) is 39.4 Å². The number of non-ortho nitro benzene ring substituents is 1. The van der Waals surface area contributed by atoms with Crippen LogP contribution >= 0.6 is 0 Å². The predicted molar refractivity (Wildman–Crippen MR) is 105 cm³/mol. The lowest BCUT2D eigenvalue weighted by atomic mass is 10.1. The average Bonchev–Trinajstić information content (AvgIpc) is 2.78.